The van der Waals surface area contributed by atoms with E-state index in [9.17, 15) is 4.79 Å². The predicted molar refractivity (Wildman–Crippen MR) is 82.9 cm³/mol. The number of rotatable bonds is 5. The molecule has 7 heteroatoms. The summed E-state index contributed by atoms with van der Waals surface area (Å²) in [7, 11) is 3.29. The number of urea groups is 1. The number of methoxy groups -OCH3 is 1. The Morgan fingerprint density at radius 2 is 2.33 bits per heavy atom. The number of aromatic nitrogens is 2. The van der Waals surface area contributed by atoms with Crippen LogP contribution in [-0.2, 0) is 6.42 Å². The molecule has 6 nitrogen and oxygen atoms in total. The van der Waals surface area contributed by atoms with Gasteiger partial charge in [0.25, 0.3) is 0 Å². The van der Waals surface area contributed by atoms with E-state index in [2.05, 4.69) is 26.7 Å². The molecule has 0 bridgehead atoms. The third kappa shape index (κ3) is 4.16. The Labute approximate surface area is 127 Å². The molecule has 2 amide bonds. The van der Waals surface area contributed by atoms with E-state index in [4.69, 9.17) is 4.74 Å². The molecule has 0 saturated carbocycles. The zero-order valence-electron chi connectivity index (χ0n) is 12.2. The van der Waals surface area contributed by atoms with Gasteiger partial charge in [0, 0.05) is 19.2 Å². The molecule has 0 unspecified atom stereocenters. The maximum Gasteiger partial charge on any atom is 0.323 e. The van der Waals surface area contributed by atoms with Crippen molar-refractivity contribution in [2.75, 3.05) is 19.5 Å². The van der Waals surface area contributed by atoms with E-state index in [1.54, 1.807) is 29.4 Å². The lowest BCUT2D eigenvalue weighted by atomic mass is 10.1. The maximum absolute atomic E-state index is 12.2. The molecule has 21 heavy (non-hydrogen) atoms. The first kappa shape index (κ1) is 15.2. The second-order valence-corrected chi connectivity index (χ2v) is 5.45. The number of anilines is 1. The Hall–Kier alpha value is -2.15. The molecule has 0 aliphatic carbocycles. The van der Waals surface area contributed by atoms with Gasteiger partial charge in [-0.1, -0.05) is 0 Å². The van der Waals surface area contributed by atoms with Gasteiger partial charge in [0.2, 0.25) is 5.88 Å². The highest BCUT2D eigenvalue weighted by Gasteiger charge is 2.17. The van der Waals surface area contributed by atoms with Gasteiger partial charge in [-0.25, -0.2) is 14.8 Å². The van der Waals surface area contributed by atoms with Gasteiger partial charge < -0.3 is 9.64 Å². The summed E-state index contributed by atoms with van der Waals surface area (Å²) in [6.45, 7) is 2.01. The number of carbonyl (C=O) groups excluding carboxylic acids is 1. The van der Waals surface area contributed by atoms with Gasteiger partial charge in [-0.15, -0.1) is 0 Å². The number of nitrogens with zero attached hydrogens (tertiary/aromatic N) is 3. The second-order valence-electron chi connectivity index (χ2n) is 4.67. The van der Waals surface area contributed by atoms with E-state index in [1.807, 2.05) is 12.3 Å². The molecular weight excluding hydrogens is 288 g/mol. The molecule has 0 saturated heterocycles. The Bertz CT molecular complexity index is 588. The van der Waals surface area contributed by atoms with Crippen LogP contribution in [0.4, 0.5) is 10.6 Å². The monoisotopic (exact) mass is 306 g/mol. The van der Waals surface area contributed by atoms with Crippen LogP contribution in [0.2, 0.25) is 0 Å². The summed E-state index contributed by atoms with van der Waals surface area (Å²) in [4.78, 5) is 21.8. The zero-order valence-corrected chi connectivity index (χ0v) is 13.1. The van der Waals surface area contributed by atoms with Crippen molar-refractivity contribution < 1.29 is 9.53 Å². The van der Waals surface area contributed by atoms with Crippen LogP contribution in [0, 0.1) is 0 Å². The van der Waals surface area contributed by atoms with Crippen LogP contribution in [0.5, 0.6) is 5.88 Å². The van der Waals surface area contributed by atoms with Crippen LogP contribution >= 0.6 is 11.3 Å². The van der Waals surface area contributed by atoms with Crippen molar-refractivity contribution in [1.29, 1.82) is 0 Å². The highest BCUT2D eigenvalue weighted by atomic mass is 32.1. The van der Waals surface area contributed by atoms with Gasteiger partial charge >= 0.3 is 6.03 Å². The molecule has 112 valence electrons. The van der Waals surface area contributed by atoms with Crippen LogP contribution in [-0.4, -0.2) is 41.1 Å². The van der Waals surface area contributed by atoms with Crippen LogP contribution in [0.25, 0.3) is 0 Å². The van der Waals surface area contributed by atoms with Crippen LogP contribution in [0.3, 0.4) is 0 Å². The Morgan fingerprint density at radius 3 is 3.00 bits per heavy atom. The minimum atomic E-state index is -0.210. The van der Waals surface area contributed by atoms with Gasteiger partial charge in [0.05, 0.1) is 7.11 Å². The molecule has 0 aliphatic rings. The molecule has 0 fully saturated rings. The van der Waals surface area contributed by atoms with Crippen molar-refractivity contribution in [1.82, 2.24) is 14.9 Å². The molecular formula is C14H18N4O2S. The van der Waals surface area contributed by atoms with Gasteiger partial charge in [0.1, 0.15) is 12.1 Å². The zero-order chi connectivity index (χ0) is 15.2. The van der Waals surface area contributed by atoms with Crippen molar-refractivity contribution in [3.63, 3.8) is 0 Å². The van der Waals surface area contributed by atoms with Gasteiger partial charge in [-0.3, -0.25) is 5.32 Å². The summed E-state index contributed by atoms with van der Waals surface area (Å²) in [5, 5.41) is 6.87. The molecule has 1 atom stereocenters. The van der Waals surface area contributed by atoms with Crippen LogP contribution < -0.4 is 10.1 Å². The summed E-state index contributed by atoms with van der Waals surface area (Å²) in [6, 6.07) is 3.53. The Balaban J connectivity index is 1.95. The van der Waals surface area contributed by atoms with E-state index in [-0.39, 0.29) is 12.1 Å². The smallest absolute Gasteiger partial charge is 0.323 e. The standard InChI is InChI=1S/C14H18N4O2S/c1-10(6-11-4-5-21-8-11)18(2)14(19)17-12-7-13(20-3)16-9-15-12/h4-5,7-10H,6H2,1-3H3,(H,15,16,17,19)/t10-/m0/s1. The highest BCUT2D eigenvalue weighted by molar-refractivity contribution is 7.07. The van der Waals surface area contributed by atoms with E-state index in [0.29, 0.717) is 11.7 Å². The largest absolute Gasteiger partial charge is 0.481 e. The number of amides is 2. The summed E-state index contributed by atoms with van der Waals surface area (Å²) in [6.07, 6.45) is 2.17. The minimum absolute atomic E-state index is 0.0864. The van der Waals surface area contributed by atoms with Crippen LogP contribution in [0.15, 0.2) is 29.2 Å². The van der Waals surface area contributed by atoms with Crippen molar-refractivity contribution in [2.24, 2.45) is 0 Å². The SMILES string of the molecule is COc1cc(NC(=O)N(C)[C@@H](C)Cc2ccsc2)ncn1. The van der Waals surface area contributed by atoms with Crippen molar-refractivity contribution >= 4 is 23.2 Å². The lowest BCUT2D eigenvalue weighted by Crippen LogP contribution is -2.39. The topological polar surface area (TPSA) is 67.3 Å². The van der Waals surface area contributed by atoms with Crippen molar-refractivity contribution in [2.45, 2.75) is 19.4 Å². The lowest BCUT2D eigenvalue weighted by Gasteiger charge is -2.24. The Morgan fingerprint density at radius 1 is 1.52 bits per heavy atom. The molecule has 0 radical (unpaired) electrons. The molecule has 0 spiro atoms. The number of likely N-dealkylation sites (N-methyl/N-ethyl adjacent to an activating group) is 1. The highest BCUT2D eigenvalue weighted by Crippen LogP contribution is 2.14. The molecule has 0 aromatic carbocycles. The molecule has 2 aromatic heterocycles. The fourth-order valence-corrected chi connectivity index (χ4v) is 2.49. The maximum atomic E-state index is 12.2. The average Bonchev–Trinajstić information content (AvgIpc) is 2.99. The first-order valence-corrected chi connectivity index (χ1v) is 7.45. The number of ether oxygens (including phenoxy) is 1. The number of carbonyl (C=O) groups is 1. The number of hydrogen-bond donors (Lipinski definition) is 1. The molecule has 1 N–H and O–H groups in total. The minimum Gasteiger partial charge on any atom is -0.481 e. The lowest BCUT2D eigenvalue weighted by molar-refractivity contribution is 0.207. The fourth-order valence-electron chi connectivity index (χ4n) is 1.80. The first-order valence-electron chi connectivity index (χ1n) is 6.51. The normalized spacial score (nSPS) is 11.8. The molecule has 2 rings (SSSR count). The van der Waals surface area contributed by atoms with E-state index in [0.717, 1.165) is 6.42 Å². The van der Waals surface area contributed by atoms with E-state index in [1.165, 1.54) is 19.0 Å². The molecule has 2 aromatic rings. The summed E-state index contributed by atoms with van der Waals surface area (Å²) < 4.78 is 5.00. The van der Waals surface area contributed by atoms with Crippen molar-refractivity contribution in [3.05, 3.63) is 34.8 Å². The quantitative estimate of drug-likeness (QED) is 0.922. The summed E-state index contributed by atoms with van der Waals surface area (Å²) >= 11 is 1.66. The van der Waals surface area contributed by atoms with E-state index < -0.39 is 0 Å². The second kappa shape index (κ2) is 7.03. The number of hydrogen-bond acceptors (Lipinski definition) is 5. The molecule has 0 aliphatic heterocycles. The molecule has 2 heterocycles. The van der Waals surface area contributed by atoms with Gasteiger partial charge in [-0.2, -0.15) is 11.3 Å². The number of thiophene rings is 1. The summed E-state index contributed by atoms with van der Waals surface area (Å²) in [5.74, 6) is 0.829. The number of nitrogens with one attached hydrogen (secondary N) is 1. The van der Waals surface area contributed by atoms with Gasteiger partial charge in [0.15, 0.2) is 0 Å². The first-order chi connectivity index (χ1) is 10.1. The summed E-state index contributed by atoms with van der Waals surface area (Å²) in [5.41, 5.74) is 1.23. The average molecular weight is 306 g/mol. The third-order valence-electron chi connectivity index (χ3n) is 3.18. The van der Waals surface area contributed by atoms with Crippen LogP contribution in [0.1, 0.15) is 12.5 Å². The predicted octanol–water partition coefficient (Wildman–Crippen LogP) is 2.64. The third-order valence-corrected chi connectivity index (χ3v) is 3.91. The van der Waals surface area contributed by atoms with E-state index >= 15 is 0 Å². The Kier molecular flexibility index (Phi) is 5.10. The van der Waals surface area contributed by atoms with Gasteiger partial charge in [-0.05, 0) is 35.7 Å². The van der Waals surface area contributed by atoms with Crippen molar-refractivity contribution in [3.8, 4) is 5.88 Å². The fraction of sp³-hybridized carbons (Fsp3) is 0.357.